The third-order valence-electron chi connectivity index (χ3n) is 4.12. The van der Waals surface area contributed by atoms with Crippen molar-refractivity contribution in [1.29, 1.82) is 0 Å². The van der Waals surface area contributed by atoms with E-state index in [2.05, 4.69) is 10.4 Å². The Morgan fingerprint density at radius 3 is 2.80 bits per heavy atom. The van der Waals surface area contributed by atoms with Gasteiger partial charge < -0.3 is 14.5 Å². The van der Waals surface area contributed by atoms with Crippen LogP contribution in [-0.2, 0) is 13.2 Å². The predicted molar refractivity (Wildman–Crippen MR) is 110 cm³/mol. The van der Waals surface area contributed by atoms with E-state index in [1.54, 1.807) is 16.9 Å². The van der Waals surface area contributed by atoms with E-state index in [0.29, 0.717) is 30.3 Å². The molecule has 2 heterocycles. The normalized spacial score (nSPS) is 10.8. The minimum absolute atomic E-state index is 0.0341. The molecule has 0 atom stereocenters. The van der Waals surface area contributed by atoms with Crippen LogP contribution in [0.15, 0.2) is 40.9 Å². The second kappa shape index (κ2) is 9.64. The van der Waals surface area contributed by atoms with Crippen LogP contribution in [0.4, 0.5) is 5.69 Å². The monoisotopic (exact) mass is 452 g/mol. The lowest BCUT2D eigenvalue weighted by Crippen LogP contribution is -2.24. The number of nitro benzene ring substituents is 1. The van der Waals surface area contributed by atoms with Crippen molar-refractivity contribution in [2.45, 2.75) is 26.5 Å². The number of halogens is 2. The molecule has 1 N–H and O–H groups in total. The first-order valence-corrected chi connectivity index (χ1v) is 9.72. The Kier molecular flexibility index (Phi) is 6.96. The van der Waals surface area contributed by atoms with Gasteiger partial charge in [0.2, 0.25) is 0 Å². The smallest absolute Gasteiger partial charge is 0.286 e. The largest absolute Gasteiger partial charge is 0.484 e. The van der Waals surface area contributed by atoms with Gasteiger partial charge in [0, 0.05) is 25.4 Å². The Hall–Kier alpha value is -3.04. The molecule has 0 unspecified atom stereocenters. The molecule has 2 aromatic heterocycles. The number of hydrogen-bond acceptors (Lipinski definition) is 6. The number of nitro groups is 1. The number of rotatable bonds is 9. The summed E-state index contributed by atoms with van der Waals surface area (Å²) in [7, 11) is 0. The Morgan fingerprint density at radius 2 is 2.10 bits per heavy atom. The van der Waals surface area contributed by atoms with Gasteiger partial charge in [-0.05, 0) is 31.5 Å². The van der Waals surface area contributed by atoms with E-state index in [1.165, 1.54) is 24.3 Å². The summed E-state index contributed by atoms with van der Waals surface area (Å²) in [5, 5.41) is 18.7. The first-order valence-electron chi connectivity index (χ1n) is 8.96. The van der Waals surface area contributed by atoms with Crippen molar-refractivity contribution in [3.63, 3.8) is 0 Å². The van der Waals surface area contributed by atoms with Crippen LogP contribution < -0.4 is 10.1 Å². The minimum Gasteiger partial charge on any atom is -0.484 e. The van der Waals surface area contributed by atoms with Crippen molar-refractivity contribution >= 4 is 34.8 Å². The van der Waals surface area contributed by atoms with Gasteiger partial charge in [-0.1, -0.05) is 23.2 Å². The number of nitrogens with one attached hydrogen (secondary N) is 1. The summed E-state index contributed by atoms with van der Waals surface area (Å²) in [6.07, 6.45) is 2.41. The lowest BCUT2D eigenvalue weighted by Gasteiger charge is -2.06. The molecular weight excluding hydrogens is 435 g/mol. The third-order valence-corrected chi connectivity index (χ3v) is 4.80. The zero-order valence-corrected chi connectivity index (χ0v) is 17.4. The highest BCUT2D eigenvalue weighted by molar-refractivity contribution is 6.32. The summed E-state index contributed by atoms with van der Waals surface area (Å²) in [6, 6.07) is 7.02. The zero-order valence-electron chi connectivity index (χ0n) is 15.9. The number of hydrogen-bond donors (Lipinski definition) is 1. The molecule has 0 aliphatic heterocycles. The molecule has 0 fully saturated rings. The van der Waals surface area contributed by atoms with Crippen molar-refractivity contribution in [3.05, 3.63) is 73.9 Å². The van der Waals surface area contributed by atoms with Crippen LogP contribution >= 0.6 is 23.2 Å². The molecule has 11 heteroatoms. The van der Waals surface area contributed by atoms with Gasteiger partial charge in [0.1, 0.15) is 18.1 Å². The minimum atomic E-state index is -0.541. The van der Waals surface area contributed by atoms with E-state index in [0.717, 1.165) is 5.69 Å². The molecule has 0 spiro atoms. The average molecular weight is 453 g/mol. The fourth-order valence-corrected chi connectivity index (χ4v) is 2.90. The van der Waals surface area contributed by atoms with Crippen LogP contribution in [-0.4, -0.2) is 27.2 Å². The maximum atomic E-state index is 12.2. The highest BCUT2D eigenvalue weighted by atomic mass is 35.5. The first kappa shape index (κ1) is 21.7. The fraction of sp³-hybridized carbons (Fsp3) is 0.263. The van der Waals surface area contributed by atoms with Gasteiger partial charge >= 0.3 is 0 Å². The summed E-state index contributed by atoms with van der Waals surface area (Å²) >= 11 is 11.9. The molecule has 3 aromatic rings. The molecule has 1 amide bonds. The van der Waals surface area contributed by atoms with Gasteiger partial charge in [-0.15, -0.1) is 0 Å². The summed E-state index contributed by atoms with van der Waals surface area (Å²) < 4.78 is 12.7. The molecule has 0 saturated heterocycles. The van der Waals surface area contributed by atoms with Crippen molar-refractivity contribution in [2.24, 2.45) is 0 Å². The Balaban J connectivity index is 1.47. The molecule has 1 aromatic carbocycles. The molecule has 158 valence electrons. The highest BCUT2D eigenvalue weighted by Crippen LogP contribution is 2.29. The third kappa shape index (κ3) is 5.52. The van der Waals surface area contributed by atoms with Gasteiger partial charge in [-0.25, -0.2) is 0 Å². The van der Waals surface area contributed by atoms with E-state index < -0.39 is 4.92 Å². The SMILES string of the molecule is Cc1nn(CCCNC(=O)c2ccc(COc3cc([N+](=O)[O-])ccc3Cl)o2)cc1Cl. The van der Waals surface area contributed by atoms with E-state index in [9.17, 15) is 14.9 Å². The standard InChI is InChI=1S/C19H18Cl2N4O5/c1-12-16(21)10-24(23-12)8-2-7-22-19(26)17-6-4-14(30-17)11-29-18-9-13(25(27)28)3-5-15(18)20/h3-6,9-10H,2,7-8,11H2,1H3,(H,22,26). The highest BCUT2D eigenvalue weighted by Gasteiger charge is 2.14. The number of aromatic nitrogens is 2. The van der Waals surface area contributed by atoms with Gasteiger partial charge in [0.15, 0.2) is 5.76 Å². The molecule has 9 nitrogen and oxygen atoms in total. The zero-order chi connectivity index (χ0) is 21.7. The molecule has 3 rings (SSSR count). The van der Waals surface area contributed by atoms with Crippen LogP contribution in [0.3, 0.4) is 0 Å². The number of carbonyl (C=O) groups excluding carboxylic acids is 1. The molecule has 0 saturated carbocycles. The van der Waals surface area contributed by atoms with Crippen LogP contribution in [0.2, 0.25) is 10.0 Å². The summed E-state index contributed by atoms with van der Waals surface area (Å²) in [5.74, 6) is 0.313. The number of non-ortho nitro benzene ring substituents is 1. The number of carbonyl (C=O) groups is 1. The summed E-state index contributed by atoms with van der Waals surface area (Å²) in [6.45, 7) is 2.85. The number of furan rings is 1. The molecule has 0 aliphatic rings. The summed E-state index contributed by atoms with van der Waals surface area (Å²) in [4.78, 5) is 22.5. The van der Waals surface area contributed by atoms with Crippen molar-refractivity contribution in [1.82, 2.24) is 15.1 Å². The van der Waals surface area contributed by atoms with Gasteiger partial charge in [0.25, 0.3) is 11.6 Å². The van der Waals surface area contributed by atoms with Crippen LogP contribution in [0.5, 0.6) is 5.75 Å². The van der Waals surface area contributed by atoms with Gasteiger partial charge in [-0.2, -0.15) is 5.10 Å². The maximum Gasteiger partial charge on any atom is 0.286 e. The number of nitrogens with zero attached hydrogens (tertiary/aromatic N) is 3. The van der Waals surface area contributed by atoms with Gasteiger partial charge in [0.05, 0.1) is 26.7 Å². The predicted octanol–water partition coefficient (Wildman–Crippen LogP) is 4.40. The number of benzene rings is 1. The lowest BCUT2D eigenvalue weighted by molar-refractivity contribution is -0.384. The van der Waals surface area contributed by atoms with E-state index in [4.69, 9.17) is 32.4 Å². The van der Waals surface area contributed by atoms with Crippen LogP contribution in [0, 0.1) is 17.0 Å². The molecule has 0 bridgehead atoms. The van der Waals surface area contributed by atoms with Crippen molar-refractivity contribution in [2.75, 3.05) is 6.54 Å². The molecular formula is C19H18Cl2N4O5. The Bertz CT molecular complexity index is 1040. The van der Waals surface area contributed by atoms with Crippen LogP contribution in [0.25, 0.3) is 0 Å². The van der Waals surface area contributed by atoms with Crippen molar-refractivity contribution in [3.8, 4) is 5.75 Å². The number of ether oxygens (including phenoxy) is 1. The van der Waals surface area contributed by atoms with Crippen LogP contribution in [0.1, 0.15) is 28.4 Å². The maximum absolute atomic E-state index is 12.2. The second-order valence-electron chi connectivity index (χ2n) is 6.36. The molecule has 30 heavy (non-hydrogen) atoms. The number of amides is 1. The topological polar surface area (TPSA) is 112 Å². The van der Waals surface area contributed by atoms with E-state index >= 15 is 0 Å². The molecule has 0 aliphatic carbocycles. The summed E-state index contributed by atoms with van der Waals surface area (Å²) in [5.41, 5.74) is 0.624. The first-order chi connectivity index (χ1) is 14.3. The Labute approximate surface area is 181 Å². The van der Waals surface area contributed by atoms with Crippen molar-refractivity contribution < 1.29 is 18.9 Å². The fourth-order valence-electron chi connectivity index (χ4n) is 2.58. The molecule has 0 radical (unpaired) electrons. The lowest BCUT2D eigenvalue weighted by atomic mass is 10.3. The van der Waals surface area contributed by atoms with E-state index in [-0.39, 0.29) is 34.7 Å². The Morgan fingerprint density at radius 1 is 1.30 bits per heavy atom. The number of aryl methyl sites for hydroxylation is 2. The second-order valence-corrected chi connectivity index (χ2v) is 7.18. The van der Waals surface area contributed by atoms with Gasteiger partial charge in [-0.3, -0.25) is 19.6 Å². The average Bonchev–Trinajstić information content (AvgIpc) is 3.31. The van der Waals surface area contributed by atoms with E-state index in [1.807, 2.05) is 6.92 Å². The quantitative estimate of drug-likeness (QED) is 0.292.